The summed E-state index contributed by atoms with van der Waals surface area (Å²) in [6.07, 6.45) is 10.0. The first kappa shape index (κ1) is 14.2. The highest BCUT2D eigenvalue weighted by molar-refractivity contribution is 5.08. The van der Waals surface area contributed by atoms with Gasteiger partial charge in [0.05, 0.1) is 0 Å². The van der Waals surface area contributed by atoms with Crippen molar-refractivity contribution in [2.24, 2.45) is 5.92 Å². The van der Waals surface area contributed by atoms with Crippen molar-refractivity contribution < 1.29 is 0 Å². The Hall–Kier alpha value is -0.890. The molecule has 1 rings (SSSR count). The molecule has 0 saturated heterocycles. The zero-order chi connectivity index (χ0) is 12.5. The van der Waals surface area contributed by atoms with Crippen LogP contribution in [0.1, 0.15) is 45.1 Å². The molecule has 1 heterocycles. The van der Waals surface area contributed by atoms with Gasteiger partial charge in [-0.2, -0.15) is 0 Å². The van der Waals surface area contributed by atoms with Crippen LogP contribution in [0, 0.1) is 5.92 Å². The number of hydrogen-bond acceptors (Lipinski definition) is 2. The lowest BCUT2D eigenvalue weighted by Gasteiger charge is -2.21. The standard InChI is InChI=1S/C15H26N2/c1-4-13(5-2)11-15(16-3)9-8-14-7-6-10-17-12-14/h6-7,10,12-13,15-16H,4-5,8-9,11H2,1-3H3. The predicted molar refractivity (Wildman–Crippen MR) is 74.1 cm³/mol. The molecule has 1 N–H and O–H groups in total. The molecular weight excluding hydrogens is 208 g/mol. The van der Waals surface area contributed by atoms with E-state index in [1.54, 1.807) is 0 Å². The number of rotatable bonds is 8. The zero-order valence-corrected chi connectivity index (χ0v) is 11.4. The van der Waals surface area contributed by atoms with E-state index in [0.29, 0.717) is 6.04 Å². The highest BCUT2D eigenvalue weighted by atomic mass is 14.9. The molecule has 0 radical (unpaired) electrons. The van der Waals surface area contributed by atoms with Gasteiger partial charge in [-0.3, -0.25) is 4.98 Å². The van der Waals surface area contributed by atoms with Crippen LogP contribution in [0.15, 0.2) is 24.5 Å². The summed E-state index contributed by atoms with van der Waals surface area (Å²) in [4.78, 5) is 4.16. The highest BCUT2D eigenvalue weighted by Crippen LogP contribution is 2.17. The summed E-state index contributed by atoms with van der Waals surface area (Å²) in [6, 6.07) is 4.82. The van der Waals surface area contributed by atoms with Crippen molar-refractivity contribution >= 4 is 0 Å². The van der Waals surface area contributed by atoms with Gasteiger partial charge in [-0.05, 0) is 43.9 Å². The van der Waals surface area contributed by atoms with Crippen molar-refractivity contribution in [2.75, 3.05) is 7.05 Å². The fourth-order valence-corrected chi connectivity index (χ4v) is 2.29. The Morgan fingerprint density at radius 2 is 2.06 bits per heavy atom. The Kier molecular flexibility index (Phi) is 6.87. The molecule has 0 spiro atoms. The van der Waals surface area contributed by atoms with Crippen LogP contribution >= 0.6 is 0 Å². The van der Waals surface area contributed by atoms with Crippen LogP contribution < -0.4 is 5.32 Å². The normalized spacial score (nSPS) is 12.9. The minimum Gasteiger partial charge on any atom is -0.317 e. The third-order valence-corrected chi connectivity index (χ3v) is 3.69. The number of hydrogen-bond donors (Lipinski definition) is 1. The molecule has 96 valence electrons. The SMILES string of the molecule is CCC(CC)CC(CCc1cccnc1)NC. The summed E-state index contributed by atoms with van der Waals surface area (Å²) in [7, 11) is 2.08. The fourth-order valence-electron chi connectivity index (χ4n) is 2.29. The summed E-state index contributed by atoms with van der Waals surface area (Å²) in [5.41, 5.74) is 1.34. The number of nitrogens with one attached hydrogen (secondary N) is 1. The van der Waals surface area contributed by atoms with E-state index >= 15 is 0 Å². The summed E-state index contributed by atoms with van der Waals surface area (Å²) >= 11 is 0. The molecule has 0 amide bonds. The smallest absolute Gasteiger partial charge is 0.0299 e. The van der Waals surface area contributed by atoms with Gasteiger partial charge >= 0.3 is 0 Å². The highest BCUT2D eigenvalue weighted by Gasteiger charge is 2.12. The van der Waals surface area contributed by atoms with Gasteiger partial charge in [-0.1, -0.05) is 32.8 Å². The summed E-state index contributed by atoms with van der Waals surface area (Å²) in [6.45, 7) is 4.59. The lowest BCUT2D eigenvalue weighted by molar-refractivity contribution is 0.365. The molecule has 0 bridgehead atoms. The molecule has 0 aliphatic rings. The van der Waals surface area contributed by atoms with Crippen molar-refractivity contribution in [1.29, 1.82) is 0 Å². The van der Waals surface area contributed by atoms with Crippen LogP contribution in [-0.2, 0) is 6.42 Å². The number of pyridine rings is 1. The third-order valence-electron chi connectivity index (χ3n) is 3.69. The Balaban J connectivity index is 2.37. The van der Waals surface area contributed by atoms with E-state index in [-0.39, 0.29) is 0 Å². The average Bonchev–Trinajstić information content (AvgIpc) is 2.40. The topological polar surface area (TPSA) is 24.9 Å². The third kappa shape index (κ3) is 5.31. The minimum atomic E-state index is 0.639. The van der Waals surface area contributed by atoms with E-state index in [1.165, 1.54) is 31.2 Å². The molecule has 2 heteroatoms. The summed E-state index contributed by atoms with van der Waals surface area (Å²) in [5, 5.41) is 3.45. The van der Waals surface area contributed by atoms with Crippen LogP contribution in [0.3, 0.4) is 0 Å². The second-order valence-electron chi connectivity index (χ2n) is 4.80. The van der Waals surface area contributed by atoms with E-state index in [0.717, 1.165) is 12.3 Å². The van der Waals surface area contributed by atoms with Crippen LogP contribution in [0.5, 0.6) is 0 Å². The molecule has 0 aliphatic carbocycles. The molecule has 0 aromatic carbocycles. The molecule has 1 unspecified atom stereocenters. The van der Waals surface area contributed by atoms with Crippen LogP contribution in [0.4, 0.5) is 0 Å². The van der Waals surface area contributed by atoms with Crippen molar-refractivity contribution in [3.63, 3.8) is 0 Å². The van der Waals surface area contributed by atoms with Crippen LogP contribution in [-0.4, -0.2) is 18.1 Å². The van der Waals surface area contributed by atoms with Crippen LogP contribution in [0.25, 0.3) is 0 Å². The van der Waals surface area contributed by atoms with E-state index in [1.807, 2.05) is 18.5 Å². The van der Waals surface area contributed by atoms with Crippen molar-refractivity contribution in [3.05, 3.63) is 30.1 Å². The predicted octanol–water partition coefficient (Wildman–Crippen LogP) is 3.43. The van der Waals surface area contributed by atoms with Crippen LogP contribution in [0.2, 0.25) is 0 Å². The van der Waals surface area contributed by atoms with Crippen molar-refractivity contribution in [1.82, 2.24) is 10.3 Å². The molecular formula is C15H26N2. The molecule has 1 aromatic rings. The van der Waals surface area contributed by atoms with E-state index in [2.05, 4.69) is 37.3 Å². The minimum absolute atomic E-state index is 0.639. The zero-order valence-electron chi connectivity index (χ0n) is 11.4. The summed E-state index contributed by atoms with van der Waals surface area (Å²) < 4.78 is 0. The van der Waals surface area contributed by atoms with Crippen molar-refractivity contribution in [2.45, 2.75) is 52.0 Å². The molecule has 1 atom stereocenters. The van der Waals surface area contributed by atoms with Gasteiger partial charge in [-0.25, -0.2) is 0 Å². The molecule has 0 saturated carbocycles. The van der Waals surface area contributed by atoms with E-state index in [9.17, 15) is 0 Å². The first-order valence-electron chi connectivity index (χ1n) is 6.86. The molecule has 1 aromatic heterocycles. The second-order valence-corrected chi connectivity index (χ2v) is 4.80. The molecule has 0 fully saturated rings. The Morgan fingerprint density at radius 3 is 2.59 bits per heavy atom. The van der Waals surface area contributed by atoms with Gasteiger partial charge in [-0.15, -0.1) is 0 Å². The lowest BCUT2D eigenvalue weighted by Crippen LogP contribution is -2.28. The molecule has 2 nitrogen and oxygen atoms in total. The first-order chi connectivity index (χ1) is 8.30. The van der Waals surface area contributed by atoms with Gasteiger partial charge < -0.3 is 5.32 Å². The second kappa shape index (κ2) is 8.24. The van der Waals surface area contributed by atoms with E-state index in [4.69, 9.17) is 0 Å². The summed E-state index contributed by atoms with van der Waals surface area (Å²) in [5.74, 6) is 0.862. The van der Waals surface area contributed by atoms with E-state index < -0.39 is 0 Å². The Morgan fingerprint density at radius 1 is 1.29 bits per heavy atom. The largest absolute Gasteiger partial charge is 0.317 e. The number of aromatic nitrogens is 1. The monoisotopic (exact) mass is 234 g/mol. The molecule has 0 aliphatic heterocycles. The first-order valence-corrected chi connectivity index (χ1v) is 6.86. The Bertz CT molecular complexity index is 280. The van der Waals surface area contributed by atoms with Gasteiger partial charge in [0.25, 0.3) is 0 Å². The maximum absolute atomic E-state index is 4.16. The number of aryl methyl sites for hydroxylation is 1. The lowest BCUT2D eigenvalue weighted by atomic mass is 9.92. The number of nitrogens with zero attached hydrogens (tertiary/aromatic N) is 1. The maximum Gasteiger partial charge on any atom is 0.0299 e. The van der Waals surface area contributed by atoms with Crippen molar-refractivity contribution in [3.8, 4) is 0 Å². The van der Waals surface area contributed by atoms with Gasteiger partial charge in [0.15, 0.2) is 0 Å². The quantitative estimate of drug-likeness (QED) is 0.745. The molecule has 17 heavy (non-hydrogen) atoms. The van der Waals surface area contributed by atoms with Gasteiger partial charge in [0.2, 0.25) is 0 Å². The fraction of sp³-hybridized carbons (Fsp3) is 0.667. The maximum atomic E-state index is 4.16. The average molecular weight is 234 g/mol. The Labute approximate surface area is 106 Å². The van der Waals surface area contributed by atoms with Gasteiger partial charge in [0, 0.05) is 18.4 Å². The van der Waals surface area contributed by atoms with Gasteiger partial charge in [0.1, 0.15) is 0 Å².